The lowest BCUT2D eigenvalue weighted by Gasteiger charge is -2.29. The minimum Gasteiger partial charge on any atom is -0.369 e. The number of benzene rings is 2. The van der Waals surface area contributed by atoms with Gasteiger partial charge in [-0.1, -0.05) is 39.0 Å². The van der Waals surface area contributed by atoms with E-state index in [0.717, 1.165) is 37.4 Å². The molecule has 4 heteroatoms. The normalized spacial score (nSPS) is 15.4. The molecule has 3 rings (SSSR count). The zero-order chi connectivity index (χ0) is 20.1. The maximum Gasteiger partial charge on any atom is 0.255 e. The molecule has 1 aliphatic rings. The van der Waals surface area contributed by atoms with Crippen LogP contribution in [0.3, 0.4) is 0 Å². The molecule has 1 fully saturated rings. The number of amides is 1. The molecule has 28 heavy (non-hydrogen) atoms. The molecule has 0 aromatic heterocycles. The molecule has 2 aromatic rings. The van der Waals surface area contributed by atoms with E-state index in [-0.39, 0.29) is 11.3 Å². The minimum absolute atomic E-state index is 0.0843. The first-order valence-corrected chi connectivity index (χ1v) is 9.99. The summed E-state index contributed by atoms with van der Waals surface area (Å²) in [6.07, 6.45) is 2.25. The summed E-state index contributed by atoms with van der Waals surface area (Å²) >= 11 is 0. The molecular formula is C24H31N3O. The lowest BCUT2D eigenvalue weighted by molar-refractivity contribution is 0.102. The molecule has 1 aliphatic heterocycles. The van der Waals surface area contributed by atoms with E-state index in [0.29, 0.717) is 5.56 Å². The Morgan fingerprint density at radius 2 is 1.54 bits per heavy atom. The quantitative estimate of drug-likeness (QED) is 0.804. The minimum atomic E-state index is -0.0843. The van der Waals surface area contributed by atoms with Crippen LogP contribution in [0.5, 0.6) is 0 Å². The fourth-order valence-corrected chi connectivity index (χ4v) is 3.50. The fraction of sp³-hybridized carbons (Fsp3) is 0.375. The van der Waals surface area contributed by atoms with Crippen molar-refractivity contribution >= 4 is 22.9 Å². The van der Waals surface area contributed by atoms with Crippen LogP contribution in [0.2, 0.25) is 0 Å². The van der Waals surface area contributed by atoms with E-state index in [9.17, 15) is 4.79 Å². The van der Waals surface area contributed by atoms with Gasteiger partial charge in [-0.2, -0.15) is 0 Å². The highest BCUT2D eigenvalue weighted by Crippen LogP contribution is 2.24. The van der Waals surface area contributed by atoms with Crippen molar-refractivity contribution in [3.8, 4) is 0 Å². The van der Waals surface area contributed by atoms with Gasteiger partial charge >= 0.3 is 0 Å². The van der Waals surface area contributed by atoms with E-state index in [1.807, 2.05) is 36.4 Å². The Morgan fingerprint density at radius 1 is 0.964 bits per heavy atom. The van der Waals surface area contributed by atoms with Gasteiger partial charge in [0.25, 0.3) is 5.91 Å². The maximum atomic E-state index is 12.6. The van der Waals surface area contributed by atoms with Gasteiger partial charge in [0, 0.05) is 43.1 Å². The molecule has 0 radical (unpaired) electrons. The molecule has 0 bridgehead atoms. The van der Waals surface area contributed by atoms with E-state index in [2.05, 4.69) is 61.4 Å². The Labute approximate surface area is 168 Å². The van der Waals surface area contributed by atoms with Crippen molar-refractivity contribution in [2.45, 2.75) is 27.7 Å². The van der Waals surface area contributed by atoms with Gasteiger partial charge in [0.05, 0.1) is 0 Å². The summed E-state index contributed by atoms with van der Waals surface area (Å²) in [5.41, 5.74) is 5.19. The highest BCUT2D eigenvalue weighted by Gasteiger charge is 2.12. The third-order valence-electron chi connectivity index (χ3n) is 4.86. The van der Waals surface area contributed by atoms with Crippen molar-refractivity contribution in [2.75, 3.05) is 36.4 Å². The van der Waals surface area contributed by atoms with Crippen LogP contribution in [-0.4, -0.2) is 32.1 Å². The van der Waals surface area contributed by atoms with Gasteiger partial charge in [-0.3, -0.25) is 4.79 Å². The first kappa shape index (κ1) is 20.2. The molecule has 148 valence electrons. The van der Waals surface area contributed by atoms with Crippen LogP contribution in [0, 0.1) is 5.41 Å². The number of hydrogen-bond donors (Lipinski definition) is 2. The predicted molar refractivity (Wildman–Crippen MR) is 119 cm³/mol. The molecule has 1 saturated heterocycles. The third kappa shape index (κ3) is 5.46. The van der Waals surface area contributed by atoms with Gasteiger partial charge in [0.2, 0.25) is 0 Å². The number of nitrogens with zero attached hydrogens (tertiary/aromatic N) is 1. The Bertz CT molecular complexity index is 824. The summed E-state index contributed by atoms with van der Waals surface area (Å²) in [5.74, 6) is -0.0843. The van der Waals surface area contributed by atoms with Crippen LogP contribution in [0.25, 0.3) is 5.57 Å². The number of rotatable bonds is 4. The molecule has 2 aromatic carbocycles. The zero-order valence-electron chi connectivity index (χ0n) is 17.4. The second-order valence-electron chi connectivity index (χ2n) is 8.51. The fourth-order valence-electron chi connectivity index (χ4n) is 3.50. The molecule has 0 aliphatic carbocycles. The summed E-state index contributed by atoms with van der Waals surface area (Å²) in [5, 5.41) is 6.35. The molecule has 1 heterocycles. The topological polar surface area (TPSA) is 44.4 Å². The number of piperazine rings is 1. The lowest BCUT2D eigenvalue weighted by Crippen LogP contribution is -2.43. The lowest BCUT2D eigenvalue weighted by atomic mass is 9.91. The zero-order valence-corrected chi connectivity index (χ0v) is 17.4. The average Bonchev–Trinajstić information content (AvgIpc) is 2.68. The van der Waals surface area contributed by atoms with Crippen molar-refractivity contribution in [2.24, 2.45) is 5.41 Å². The first-order valence-electron chi connectivity index (χ1n) is 9.99. The number of carbonyl (C=O) groups is 1. The maximum absolute atomic E-state index is 12.6. The highest BCUT2D eigenvalue weighted by molar-refractivity contribution is 6.04. The Kier molecular flexibility index (Phi) is 6.20. The number of allylic oxidation sites excluding steroid dienone is 2. The summed E-state index contributed by atoms with van der Waals surface area (Å²) in [6, 6.07) is 15.9. The Morgan fingerprint density at radius 3 is 2.11 bits per heavy atom. The highest BCUT2D eigenvalue weighted by atomic mass is 16.1. The second-order valence-corrected chi connectivity index (χ2v) is 8.51. The van der Waals surface area contributed by atoms with Crippen molar-refractivity contribution in [3.05, 3.63) is 65.7 Å². The largest absolute Gasteiger partial charge is 0.369 e. The van der Waals surface area contributed by atoms with Crippen LogP contribution in [0.15, 0.2) is 54.6 Å². The number of hydrogen-bond acceptors (Lipinski definition) is 3. The number of nitrogens with one attached hydrogen (secondary N) is 2. The first-order chi connectivity index (χ1) is 13.3. The predicted octanol–water partition coefficient (Wildman–Crippen LogP) is 4.80. The van der Waals surface area contributed by atoms with Crippen molar-refractivity contribution in [1.29, 1.82) is 0 Å². The van der Waals surface area contributed by atoms with Crippen molar-refractivity contribution in [3.63, 3.8) is 0 Å². The SMILES string of the molecule is C/C(=C\C(C)(C)C)c1ccc(C(=O)Nc2ccc(N3CCNCC3)cc2)cc1. The monoisotopic (exact) mass is 377 g/mol. The molecule has 0 spiro atoms. The van der Waals surface area contributed by atoms with Crippen LogP contribution in [-0.2, 0) is 0 Å². The van der Waals surface area contributed by atoms with E-state index < -0.39 is 0 Å². The van der Waals surface area contributed by atoms with Gasteiger partial charge in [0.1, 0.15) is 0 Å². The van der Waals surface area contributed by atoms with E-state index in [1.165, 1.54) is 11.3 Å². The van der Waals surface area contributed by atoms with Crippen LogP contribution >= 0.6 is 0 Å². The summed E-state index contributed by atoms with van der Waals surface area (Å²) in [7, 11) is 0. The van der Waals surface area contributed by atoms with Gasteiger partial charge in [-0.05, 0) is 59.9 Å². The molecule has 0 unspecified atom stereocenters. The smallest absolute Gasteiger partial charge is 0.255 e. The van der Waals surface area contributed by atoms with Gasteiger partial charge in [0.15, 0.2) is 0 Å². The molecule has 4 nitrogen and oxygen atoms in total. The number of carbonyl (C=O) groups excluding carboxylic acids is 1. The van der Waals surface area contributed by atoms with Gasteiger partial charge in [-0.15, -0.1) is 0 Å². The Balaban J connectivity index is 1.63. The van der Waals surface area contributed by atoms with Crippen LogP contribution in [0.4, 0.5) is 11.4 Å². The Hall–Kier alpha value is -2.59. The molecule has 1 amide bonds. The van der Waals surface area contributed by atoms with Gasteiger partial charge < -0.3 is 15.5 Å². The summed E-state index contributed by atoms with van der Waals surface area (Å²) < 4.78 is 0. The van der Waals surface area contributed by atoms with E-state index >= 15 is 0 Å². The summed E-state index contributed by atoms with van der Waals surface area (Å²) in [6.45, 7) is 12.7. The van der Waals surface area contributed by atoms with E-state index in [4.69, 9.17) is 0 Å². The molecule has 0 saturated carbocycles. The second kappa shape index (κ2) is 8.61. The summed E-state index contributed by atoms with van der Waals surface area (Å²) in [4.78, 5) is 14.9. The molecule has 0 atom stereocenters. The van der Waals surface area contributed by atoms with Crippen LogP contribution < -0.4 is 15.5 Å². The number of anilines is 2. The van der Waals surface area contributed by atoms with Crippen LogP contribution in [0.1, 0.15) is 43.6 Å². The molecular weight excluding hydrogens is 346 g/mol. The van der Waals surface area contributed by atoms with Crippen molar-refractivity contribution < 1.29 is 4.79 Å². The average molecular weight is 378 g/mol. The molecule has 2 N–H and O–H groups in total. The standard InChI is InChI=1S/C24H31N3O/c1-18(17-24(2,3)4)19-5-7-20(8-6-19)23(28)26-21-9-11-22(12-10-21)27-15-13-25-14-16-27/h5-12,17,25H,13-16H2,1-4H3,(H,26,28)/b18-17+. The van der Waals surface area contributed by atoms with E-state index in [1.54, 1.807) is 0 Å². The third-order valence-corrected chi connectivity index (χ3v) is 4.86. The van der Waals surface area contributed by atoms with Crippen molar-refractivity contribution in [1.82, 2.24) is 5.32 Å². The van der Waals surface area contributed by atoms with Gasteiger partial charge in [-0.25, -0.2) is 0 Å².